The van der Waals surface area contributed by atoms with Gasteiger partial charge in [-0.3, -0.25) is 9.69 Å². The number of nitrogens with zero attached hydrogens (tertiary/aromatic N) is 2. The average molecular weight is 290 g/mol. The lowest BCUT2D eigenvalue weighted by Crippen LogP contribution is -2.44. The van der Waals surface area contributed by atoms with Gasteiger partial charge in [-0.05, 0) is 64.6 Å². The van der Waals surface area contributed by atoms with Gasteiger partial charge in [0.25, 0.3) is 0 Å². The molecule has 116 valence electrons. The Labute approximate surface area is 127 Å². The van der Waals surface area contributed by atoms with Crippen LogP contribution in [0.15, 0.2) is 18.2 Å². The molecule has 5 heteroatoms. The highest BCUT2D eigenvalue weighted by molar-refractivity contribution is 5.92. The number of rotatable bonds is 4. The topological polar surface area (TPSA) is 61.6 Å². The Balaban J connectivity index is 1.84. The second kappa shape index (κ2) is 6.91. The average Bonchev–Trinajstić information content (AvgIpc) is 2.43. The lowest BCUT2D eigenvalue weighted by molar-refractivity contribution is -0.117. The number of nitrogens with two attached hydrogens (primary N) is 1. The summed E-state index contributed by atoms with van der Waals surface area (Å²) >= 11 is 0. The zero-order valence-electron chi connectivity index (χ0n) is 13.2. The fraction of sp³-hybridized carbons (Fsp3) is 0.562. The normalized spacial score (nSPS) is 17.1. The summed E-state index contributed by atoms with van der Waals surface area (Å²) in [5.74, 6) is 0.0136. The molecule has 2 rings (SSSR count). The molecule has 1 fully saturated rings. The van der Waals surface area contributed by atoms with Crippen molar-refractivity contribution in [2.45, 2.75) is 25.8 Å². The minimum absolute atomic E-state index is 0.0136. The highest BCUT2D eigenvalue weighted by Crippen LogP contribution is 2.17. The van der Waals surface area contributed by atoms with E-state index in [4.69, 9.17) is 5.73 Å². The van der Waals surface area contributed by atoms with E-state index in [1.807, 2.05) is 32.2 Å². The van der Waals surface area contributed by atoms with Crippen LogP contribution in [0.2, 0.25) is 0 Å². The maximum atomic E-state index is 12.1. The Morgan fingerprint density at radius 3 is 2.71 bits per heavy atom. The van der Waals surface area contributed by atoms with Crippen LogP contribution in [0.25, 0.3) is 0 Å². The van der Waals surface area contributed by atoms with E-state index in [2.05, 4.69) is 22.2 Å². The molecule has 1 heterocycles. The number of carbonyl (C=O) groups is 1. The molecule has 3 N–H and O–H groups in total. The Hall–Kier alpha value is -1.59. The number of hydrogen-bond acceptors (Lipinski definition) is 4. The van der Waals surface area contributed by atoms with Gasteiger partial charge in [0.15, 0.2) is 0 Å². The molecule has 0 bridgehead atoms. The minimum Gasteiger partial charge on any atom is -0.398 e. The number of aryl methyl sites for hydroxylation is 1. The summed E-state index contributed by atoms with van der Waals surface area (Å²) in [7, 11) is 4.17. The van der Waals surface area contributed by atoms with E-state index in [9.17, 15) is 4.79 Å². The molecular formula is C16H26N4O. The number of anilines is 2. The van der Waals surface area contributed by atoms with Crippen molar-refractivity contribution in [3.8, 4) is 0 Å². The predicted octanol–water partition coefficient (Wildman–Crippen LogP) is 1.54. The molecule has 1 aliphatic heterocycles. The van der Waals surface area contributed by atoms with Crippen molar-refractivity contribution in [1.82, 2.24) is 9.80 Å². The molecule has 5 nitrogen and oxygen atoms in total. The zero-order valence-corrected chi connectivity index (χ0v) is 13.2. The van der Waals surface area contributed by atoms with Crippen LogP contribution in [0.1, 0.15) is 18.4 Å². The molecule has 0 spiro atoms. The van der Waals surface area contributed by atoms with Crippen molar-refractivity contribution in [1.29, 1.82) is 0 Å². The summed E-state index contributed by atoms with van der Waals surface area (Å²) in [4.78, 5) is 16.6. The number of likely N-dealkylation sites (N-methyl/N-ethyl adjacent to an activating group) is 1. The van der Waals surface area contributed by atoms with Crippen LogP contribution in [0.3, 0.4) is 0 Å². The molecule has 0 aromatic heterocycles. The molecule has 0 atom stereocenters. The molecule has 0 saturated carbocycles. The first-order chi connectivity index (χ1) is 9.95. The van der Waals surface area contributed by atoms with E-state index in [-0.39, 0.29) is 5.91 Å². The van der Waals surface area contributed by atoms with E-state index in [0.717, 1.165) is 37.2 Å². The summed E-state index contributed by atoms with van der Waals surface area (Å²) in [6, 6.07) is 6.11. The number of carbonyl (C=O) groups excluding carboxylic acids is 1. The number of nitrogen functional groups attached to an aromatic ring is 1. The first kappa shape index (κ1) is 15.8. The van der Waals surface area contributed by atoms with E-state index in [0.29, 0.717) is 18.3 Å². The molecule has 1 amide bonds. The monoisotopic (exact) mass is 290 g/mol. The largest absolute Gasteiger partial charge is 0.398 e. The first-order valence-electron chi connectivity index (χ1n) is 7.50. The van der Waals surface area contributed by atoms with Crippen LogP contribution in [-0.4, -0.2) is 55.5 Å². The Morgan fingerprint density at radius 1 is 1.43 bits per heavy atom. The van der Waals surface area contributed by atoms with E-state index < -0.39 is 0 Å². The molecule has 0 unspecified atom stereocenters. The van der Waals surface area contributed by atoms with Crippen LogP contribution in [0, 0.1) is 6.92 Å². The highest BCUT2D eigenvalue weighted by atomic mass is 16.2. The Morgan fingerprint density at radius 2 is 2.10 bits per heavy atom. The van der Waals surface area contributed by atoms with Crippen LogP contribution in [0.4, 0.5) is 11.4 Å². The minimum atomic E-state index is 0.0136. The molecular weight excluding hydrogens is 264 g/mol. The van der Waals surface area contributed by atoms with Gasteiger partial charge in [0, 0.05) is 17.4 Å². The molecule has 1 aromatic rings. The third kappa shape index (κ3) is 4.44. The van der Waals surface area contributed by atoms with Gasteiger partial charge in [0.05, 0.1) is 6.54 Å². The number of amides is 1. The third-order valence-electron chi connectivity index (χ3n) is 4.27. The van der Waals surface area contributed by atoms with Gasteiger partial charge in [-0.25, -0.2) is 0 Å². The van der Waals surface area contributed by atoms with E-state index >= 15 is 0 Å². The molecule has 0 aliphatic carbocycles. The van der Waals surface area contributed by atoms with Crippen LogP contribution in [-0.2, 0) is 4.79 Å². The van der Waals surface area contributed by atoms with Crippen LogP contribution in [0.5, 0.6) is 0 Å². The summed E-state index contributed by atoms with van der Waals surface area (Å²) in [6.07, 6.45) is 2.25. The maximum Gasteiger partial charge on any atom is 0.238 e. The van der Waals surface area contributed by atoms with Crippen molar-refractivity contribution in [2.75, 3.05) is 44.8 Å². The van der Waals surface area contributed by atoms with Crippen molar-refractivity contribution >= 4 is 17.3 Å². The van der Waals surface area contributed by atoms with Gasteiger partial charge in [0.1, 0.15) is 0 Å². The smallest absolute Gasteiger partial charge is 0.238 e. The van der Waals surface area contributed by atoms with E-state index in [1.54, 1.807) is 0 Å². The van der Waals surface area contributed by atoms with Gasteiger partial charge in [0.2, 0.25) is 5.91 Å². The Kier molecular flexibility index (Phi) is 5.20. The zero-order chi connectivity index (χ0) is 15.4. The van der Waals surface area contributed by atoms with Crippen LogP contribution >= 0.6 is 0 Å². The quantitative estimate of drug-likeness (QED) is 0.826. The summed E-state index contributed by atoms with van der Waals surface area (Å²) in [5, 5.41) is 2.92. The third-order valence-corrected chi connectivity index (χ3v) is 4.27. The predicted molar refractivity (Wildman–Crippen MR) is 87.4 cm³/mol. The van der Waals surface area contributed by atoms with Crippen LogP contribution < -0.4 is 11.1 Å². The van der Waals surface area contributed by atoms with Gasteiger partial charge in [-0.2, -0.15) is 0 Å². The summed E-state index contributed by atoms with van der Waals surface area (Å²) < 4.78 is 0. The highest BCUT2D eigenvalue weighted by Gasteiger charge is 2.21. The number of benzene rings is 1. The van der Waals surface area contributed by atoms with Crippen molar-refractivity contribution in [3.63, 3.8) is 0 Å². The molecule has 1 aromatic carbocycles. The standard InChI is InChI=1S/C16H26N4O/c1-12-4-5-13(10-15(12)17)18-16(21)11-20(3)14-6-8-19(2)9-7-14/h4-5,10,14H,6-9,11,17H2,1-3H3,(H,18,21). The van der Waals surface area contributed by atoms with Gasteiger partial charge < -0.3 is 16.0 Å². The number of likely N-dealkylation sites (tertiary alicyclic amines) is 1. The lowest BCUT2D eigenvalue weighted by Gasteiger charge is -2.34. The van der Waals surface area contributed by atoms with Crippen molar-refractivity contribution in [3.05, 3.63) is 23.8 Å². The SMILES string of the molecule is Cc1ccc(NC(=O)CN(C)C2CCN(C)CC2)cc1N. The first-order valence-corrected chi connectivity index (χ1v) is 7.50. The number of piperidine rings is 1. The molecule has 1 aliphatic rings. The van der Waals surface area contributed by atoms with E-state index in [1.165, 1.54) is 0 Å². The molecule has 1 saturated heterocycles. The fourth-order valence-electron chi connectivity index (χ4n) is 2.71. The molecule has 21 heavy (non-hydrogen) atoms. The summed E-state index contributed by atoms with van der Waals surface area (Å²) in [6.45, 7) is 4.58. The lowest BCUT2D eigenvalue weighted by atomic mass is 10.0. The maximum absolute atomic E-state index is 12.1. The van der Waals surface area contributed by atoms with Crippen molar-refractivity contribution in [2.24, 2.45) is 0 Å². The number of hydrogen-bond donors (Lipinski definition) is 2. The van der Waals surface area contributed by atoms with Crippen molar-refractivity contribution < 1.29 is 4.79 Å². The summed E-state index contributed by atoms with van der Waals surface area (Å²) in [5.41, 5.74) is 8.35. The van der Waals surface area contributed by atoms with Gasteiger partial charge >= 0.3 is 0 Å². The van der Waals surface area contributed by atoms with Gasteiger partial charge in [-0.15, -0.1) is 0 Å². The second-order valence-electron chi connectivity index (χ2n) is 6.07. The number of nitrogens with one attached hydrogen (secondary N) is 1. The fourth-order valence-corrected chi connectivity index (χ4v) is 2.71. The Bertz CT molecular complexity index is 495. The molecule has 0 radical (unpaired) electrons. The second-order valence-corrected chi connectivity index (χ2v) is 6.07. The van der Waals surface area contributed by atoms with Gasteiger partial charge in [-0.1, -0.05) is 6.07 Å².